The van der Waals surface area contributed by atoms with Gasteiger partial charge in [-0.25, -0.2) is 4.98 Å². The van der Waals surface area contributed by atoms with Gasteiger partial charge in [-0.15, -0.1) is 0 Å². The minimum Gasteiger partial charge on any atom is -0.321 e. The average molecular weight is 264 g/mol. The second kappa shape index (κ2) is 5.36. The van der Waals surface area contributed by atoms with Gasteiger partial charge in [0.15, 0.2) is 0 Å². The first-order chi connectivity index (χ1) is 9.83. The second-order valence-corrected chi connectivity index (χ2v) is 4.19. The van der Waals surface area contributed by atoms with Crippen LogP contribution < -0.4 is 5.32 Å². The topological polar surface area (TPSA) is 59.8 Å². The fourth-order valence-corrected chi connectivity index (χ4v) is 1.83. The van der Waals surface area contributed by atoms with Crippen LogP contribution in [-0.4, -0.2) is 20.4 Å². The Hall–Kier alpha value is -2.95. The van der Waals surface area contributed by atoms with Crippen LogP contribution in [0.1, 0.15) is 10.5 Å². The number of hydrogen-bond donors (Lipinski definition) is 1. The molecule has 0 radical (unpaired) electrons. The number of benzene rings is 1. The van der Waals surface area contributed by atoms with E-state index in [4.69, 9.17) is 0 Å². The first-order valence-electron chi connectivity index (χ1n) is 6.14. The van der Waals surface area contributed by atoms with E-state index in [1.54, 1.807) is 24.8 Å². The zero-order chi connectivity index (χ0) is 13.8. The number of imidazole rings is 1. The molecule has 3 rings (SSSR count). The maximum absolute atomic E-state index is 12.1. The van der Waals surface area contributed by atoms with E-state index in [9.17, 15) is 4.79 Å². The first kappa shape index (κ1) is 12.1. The Bertz CT molecular complexity index is 708. The summed E-state index contributed by atoms with van der Waals surface area (Å²) in [7, 11) is 0. The molecule has 0 saturated carbocycles. The molecule has 5 heteroatoms. The van der Waals surface area contributed by atoms with Gasteiger partial charge in [-0.05, 0) is 24.3 Å². The van der Waals surface area contributed by atoms with E-state index in [1.807, 2.05) is 47.2 Å². The molecule has 2 heterocycles. The van der Waals surface area contributed by atoms with Crippen LogP contribution in [-0.2, 0) is 0 Å². The lowest BCUT2D eigenvalue weighted by Gasteiger charge is -2.06. The highest BCUT2D eigenvalue weighted by Gasteiger charge is 2.08. The van der Waals surface area contributed by atoms with E-state index in [0.717, 1.165) is 11.4 Å². The van der Waals surface area contributed by atoms with Gasteiger partial charge in [0, 0.05) is 24.3 Å². The molecular formula is C15H12N4O. The summed E-state index contributed by atoms with van der Waals surface area (Å²) >= 11 is 0. The Morgan fingerprint density at radius 2 is 1.95 bits per heavy atom. The van der Waals surface area contributed by atoms with E-state index in [0.29, 0.717) is 5.69 Å². The van der Waals surface area contributed by atoms with Crippen LogP contribution in [0.3, 0.4) is 0 Å². The molecule has 20 heavy (non-hydrogen) atoms. The van der Waals surface area contributed by atoms with Gasteiger partial charge in [0.05, 0.1) is 12.0 Å². The van der Waals surface area contributed by atoms with Gasteiger partial charge in [0.2, 0.25) is 0 Å². The lowest BCUT2D eigenvalue weighted by Crippen LogP contribution is -2.13. The summed E-state index contributed by atoms with van der Waals surface area (Å²) < 4.78 is 1.82. The number of rotatable bonds is 3. The van der Waals surface area contributed by atoms with Crippen molar-refractivity contribution in [2.75, 3.05) is 5.32 Å². The van der Waals surface area contributed by atoms with Crippen LogP contribution in [0.15, 0.2) is 67.4 Å². The summed E-state index contributed by atoms with van der Waals surface area (Å²) in [5.41, 5.74) is 1.95. The number of hydrogen-bond acceptors (Lipinski definition) is 3. The van der Waals surface area contributed by atoms with Crippen LogP contribution in [0.2, 0.25) is 0 Å². The van der Waals surface area contributed by atoms with Gasteiger partial charge in [0.25, 0.3) is 5.91 Å². The molecule has 98 valence electrons. The summed E-state index contributed by atoms with van der Waals surface area (Å²) in [5.74, 6) is -0.238. The molecule has 1 amide bonds. The Kier molecular flexibility index (Phi) is 3.24. The largest absolute Gasteiger partial charge is 0.321 e. The van der Waals surface area contributed by atoms with Crippen molar-refractivity contribution in [3.63, 3.8) is 0 Å². The van der Waals surface area contributed by atoms with Crippen molar-refractivity contribution in [3.05, 3.63) is 73.1 Å². The quantitative estimate of drug-likeness (QED) is 0.790. The van der Waals surface area contributed by atoms with E-state index in [1.165, 1.54) is 0 Å². The van der Waals surface area contributed by atoms with Crippen molar-refractivity contribution in [2.45, 2.75) is 0 Å². The molecule has 0 aliphatic rings. The number of pyridine rings is 1. The van der Waals surface area contributed by atoms with Crippen molar-refractivity contribution in [3.8, 4) is 5.69 Å². The molecule has 3 aromatic rings. The van der Waals surface area contributed by atoms with E-state index < -0.39 is 0 Å². The third kappa shape index (κ3) is 2.56. The minimum atomic E-state index is -0.238. The number of nitrogens with zero attached hydrogens (tertiary/aromatic N) is 3. The number of aromatic nitrogens is 3. The smallest absolute Gasteiger partial charge is 0.274 e. The predicted octanol–water partition coefficient (Wildman–Crippen LogP) is 2.52. The predicted molar refractivity (Wildman–Crippen MR) is 75.8 cm³/mol. The summed E-state index contributed by atoms with van der Waals surface area (Å²) in [5, 5.41) is 2.80. The molecule has 0 unspecified atom stereocenters. The lowest BCUT2D eigenvalue weighted by atomic mass is 10.2. The number of para-hydroxylation sites is 1. The molecule has 0 spiro atoms. The Labute approximate surface area is 115 Å². The van der Waals surface area contributed by atoms with Gasteiger partial charge < -0.3 is 9.88 Å². The highest BCUT2D eigenvalue weighted by atomic mass is 16.1. The van der Waals surface area contributed by atoms with Crippen LogP contribution in [0.4, 0.5) is 5.69 Å². The molecule has 0 aliphatic carbocycles. The summed E-state index contributed by atoms with van der Waals surface area (Å²) in [4.78, 5) is 20.2. The van der Waals surface area contributed by atoms with E-state index >= 15 is 0 Å². The number of carbonyl (C=O) groups excluding carboxylic acids is 1. The molecule has 0 bridgehead atoms. The van der Waals surface area contributed by atoms with Crippen molar-refractivity contribution < 1.29 is 4.79 Å². The first-order valence-corrected chi connectivity index (χ1v) is 6.14. The molecular weight excluding hydrogens is 252 g/mol. The van der Waals surface area contributed by atoms with Gasteiger partial charge in [0.1, 0.15) is 5.69 Å². The summed E-state index contributed by atoms with van der Waals surface area (Å²) in [6, 6.07) is 12.8. The van der Waals surface area contributed by atoms with E-state index in [2.05, 4.69) is 15.3 Å². The highest BCUT2D eigenvalue weighted by molar-refractivity contribution is 6.03. The van der Waals surface area contributed by atoms with Gasteiger partial charge in [-0.3, -0.25) is 9.78 Å². The summed E-state index contributed by atoms with van der Waals surface area (Å²) in [6.45, 7) is 0. The SMILES string of the molecule is O=C(Nc1ccccc1)c1cc(-n2ccnc2)ccn1. The molecule has 0 saturated heterocycles. The second-order valence-electron chi connectivity index (χ2n) is 4.19. The number of anilines is 1. The molecule has 0 fully saturated rings. The van der Waals surface area contributed by atoms with Crippen LogP contribution in [0.5, 0.6) is 0 Å². The zero-order valence-electron chi connectivity index (χ0n) is 10.6. The van der Waals surface area contributed by atoms with Crippen molar-refractivity contribution in [1.82, 2.24) is 14.5 Å². The Morgan fingerprint density at radius 3 is 2.70 bits per heavy atom. The molecule has 1 aromatic carbocycles. The van der Waals surface area contributed by atoms with Gasteiger partial charge in [-0.1, -0.05) is 18.2 Å². The number of amides is 1. The third-order valence-electron chi connectivity index (χ3n) is 2.81. The molecule has 0 aliphatic heterocycles. The van der Waals surface area contributed by atoms with E-state index in [-0.39, 0.29) is 5.91 Å². The molecule has 0 atom stereocenters. The lowest BCUT2D eigenvalue weighted by molar-refractivity contribution is 0.102. The highest BCUT2D eigenvalue weighted by Crippen LogP contribution is 2.11. The summed E-state index contributed by atoms with van der Waals surface area (Å²) in [6.07, 6.45) is 6.78. The maximum Gasteiger partial charge on any atom is 0.274 e. The Morgan fingerprint density at radius 1 is 1.10 bits per heavy atom. The van der Waals surface area contributed by atoms with Crippen molar-refractivity contribution >= 4 is 11.6 Å². The fourth-order valence-electron chi connectivity index (χ4n) is 1.83. The third-order valence-corrected chi connectivity index (χ3v) is 2.81. The minimum absolute atomic E-state index is 0.238. The van der Waals surface area contributed by atoms with Gasteiger partial charge in [-0.2, -0.15) is 0 Å². The average Bonchev–Trinajstić information content (AvgIpc) is 3.03. The van der Waals surface area contributed by atoms with Gasteiger partial charge >= 0.3 is 0 Å². The Balaban J connectivity index is 1.84. The standard InChI is InChI=1S/C15H12N4O/c20-15(18-12-4-2-1-3-5-12)14-10-13(6-7-17-14)19-9-8-16-11-19/h1-11H,(H,18,20). The number of carbonyl (C=O) groups is 1. The molecule has 2 aromatic heterocycles. The molecule has 5 nitrogen and oxygen atoms in total. The normalized spacial score (nSPS) is 10.2. The number of nitrogens with one attached hydrogen (secondary N) is 1. The molecule has 1 N–H and O–H groups in total. The fraction of sp³-hybridized carbons (Fsp3) is 0. The zero-order valence-corrected chi connectivity index (χ0v) is 10.6. The van der Waals surface area contributed by atoms with Crippen molar-refractivity contribution in [1.29, 1.82) is 0 Å². The van der Waals surface area contributed by atoms with Crippen LogP contribution >= 0.6 is 0 Å². The van der Waals surface area contributed by atoms with Crippen LogP contribution in [0.25, 0.3) is 5.69 Å². The van der Waals surface area contributed by atoms with Crippen LogP contribution in [0, 0.1) is 0 Å². The maximum atomic E-state index is 12.1. The monoisotopic (exact) mass is 264 g/mol. The van der Waals surface area contributed by atoms with Crippen molar-refractivity contribution in [2.24, 2.45) is 0 Å².